The Hall–Kier alpha value is -1.55. The van der Waals surface area contributed by atoms with Gasteiger partial charge in [0, 0.05) is 23.8 Å². The van der Waals surface area contributed by atoms with Crippen LogP contribution in [0.15, 0.2) is 46.9 Å². The topological polar surface area (TPSA) is 29.3 Å². The van der Waals surface area contributed by atoms with Crippen LogP contribution in [0.4, 0.5) is 15.8 Å². The van der Waals surface area contributed by atoms with Gasteiger partial charge in [0.1, 0.15) is 5.82 Å². The highest BCUT2D eigenvalue weighted by Gasteiger charge is 2.08. The van der Waals surface area contributed by atoms with Crippen LogP contribution in [0, 0.1) is 5.82 Å². The van der Waals surface area contributed by atoms with Gasteiger partial charge in [-0.1, -0.05) is 28.1 Å². The maximum Gasteiger partial charge on any atom is 0.146 e. The Morgan fingerprint density at radius 3 is 2.72 bits per heavy atom. The van der Waals surface area contributed by atoms with Gasteiger partial charge < -0.3 is 10.6 Å². The van der Waals surface area contributed by atoms with E-state index in [9.17, 15) is 4.39 Å². The summed E-state index contributed by atoms with van der Waals surface area (Å²) in [7, 11) is 1.86. The van der Waals surface area contributed by atoms with Gasteiger partial charge in [0.05, 0.1) is 5.69 Å². The number of nitrogens with two attached hydrogens (primary N) is 1. The molecule has 2 rings (SSSR count). The van der Waals surface area contributed by atoms with Crippen LogP contribution in [-0.2, 0) is 6.54 Å². The van der Waals surface area contributed by atoms with Crippen molar-refractivity contribution in [2.75, 3.05) is 17.7 Å². The van der Waals surface area contributed by atoms with Crippen LogP contribution in [0.1, 0.15) is 5.56 Å². The number of anilines is 2. The first-order chi connectivity index (χ1) is 8.56. The van der Waals surface area contributed by atoms with E-state index >= 15 is 0 Å². The Morgan fingerprint density at radius 2 is 2.00 bits per heavy atom. The number of hydrogen-bond donors (Lipinski definition) is 1. The maximum absolute atomic E-state index is 13.7. The number of nitrogens with zero attached hydrogens (tertiary/aromatic N) is 1. The summed E-state index contributed by atoms with van der Waals surface area (Å²) >= 11 is 3.35. The van der Waals surface area contributed by atoms with Crippen molar-refractivity contribution >= 4 is 27.3 Å². The van der Waals surface area contributed by atoms with Gasteiger partial charge in [-0.3, -0.25) is 0 Å². The third kappa shape index (κ3) is 3.01. The molecular weight excluding hydrogens is 295 g/mol. The van der Waals surface area contributed by atoms with Crippen LogP contribution in [0.25, 0.3) is 0 Å². The fraction of sp³-hybridized carbons (Fsp3) is 0.143. The zero-order valence-corrected chi connectivity index (χ0v) is 11.6. The molecule has 0 aliphatic carbocycles. The molecule has 0 saturated heterocycles. The summed E-state index contributed by atoms with van der Waals surface area (Å²) in [4.78, 5) is 1.86. The number of benzene rings is 2. The molecule has 0 amide bonds. The number of rotatable bonds is 3. The number of hydrogen-bond acceptors (Lipinski definition) is 2. The highest BCUT2D eigenvalue weighted by Crippen LogP contribution is 2.24. The van der Waals surface area contributed by atoms with Crippen molar-refractivity contribution < 1.29 is 4.39 Å². The van der Waals surface area contributed by atoms with Gasteiger partial charge in [-0.15, -0.1) is 0 Å². The van der Waals surface area contributed by atoms with E-state index < -0.39 is 0 Å². The Bertz CT molecular complexity index is 557. The summed E-state index contributed by atoms with van der Waals surface area (Å²) in [5, 5.41) is 0. The van der Waals surface area contributed by atoms with Crippen LogP contribution >= 0.6 is 15.9 Å². The monoisotopic (exact) mass is 308 g/mol. The largest absolute Gasteiger partial charge is 0.399 e. The molecule has 18 heavy (non-hydrogen) atoms. The molecule has 2 nitrogen and oxygen atoms in total. The van der Waals surface area contributed by atoms with Crippen molar-refractivity contribution in [2.24, 2.45) is 0 Å². The second kappa shape index (κ2) is 5.40. The predicted molar refractivity (Wildman–Crippen MR) is 77.1 cm³/mol. The average Bonchev–Trinajstić information content (AvgIpc) is 2.32. The molecule has 0 aliphatic heterocycles. The minimum atomic E-state index is -0.232. The van der Waals surface area contributed by atoms with Gasteiger partial charge in [-0.25, -0.2) is 4.39 Å². The number of halogens is 2. The second-order valence-electron chi connectivity index (χ2n) is 4.20. The van der Waals surface area contributed by atoms with Crippen LogP contribution in [-0.4, -0.2) is 7.05 Å². The molecule has 0 spiro atoms. The molecule has 94 valence electrons. The Labute approximate surface area is 114 Å². The lowest BCUT2D eigenvalue weighted by Gasteiger charge is -2.20. The standard InChI is InChI=1S/C14H14BrFN2/c1-18(9-10-3-2-4-12(17)7-10)14-8-11(15)5-6-13(14)16/h2-8H,9,17H2,1H3. The Morgan fingerprint density at radius 1 is 1.22 bits per heavy atom. The minimum Gasteiger partial charge on any atom is -0.399 e. The Kier molecular flexibility index (Phi) is 3.87. The Balaban J connectivity index is 2.21. The fourth-order valence-electron chi connectivity index (χ4n) is 1.83. The van der Waals surface area contributed by atoms with E-state index in [1.165, 1.54) is 6.07 Å². The minimum absolute atomic E-state index is 0.232. The lowest BCUT2D eigenvalue weighted by atomic mass is 10.2. The lowest BCUT2D eigenvalue weighted by molar-refractivity contribution is 0.622. The van der Waals surface area contributed by atoms with Crippen LogP contribution in [0.3, 0.4) is 0 Å². The molecule has 2 aromatic carbocycles. The fourth-order valence-corrected chi connectivity index (χ4v) is 2.18. The van der Waals surface area contributed by atoms with Gasteiger partial charge in [0.25, 0.3) is 0 Å². The number of nitrogen functional groups attached to an aromatic ring is 1. The van der Waals surface area contributed by atoms with E-state index in [-0.39, 0.29) is 5.82 Å². The molecule has 0 saturated carbocycles. The first-order valence-electron chi connectivity index (χ1n) is 5.57. The van der Waals surface area contributed by atoms with Crippen LogP contribution < -0.4 is 10.6 Å². The SMILES string of the molecule is CN(Cc1cccc(N)c1)c1cc(Br)ccc1F. The van der Waals surface area contributed by atoms with Crippen molar-refractivity contribution in [1.82, 2.24) is 0 Å². The van der Waals surface area contributed by atoms with Gasteiger partial charge in [0.15, 0.2) is 0 Å². The third-order valence-corrected chi connectivity index (χ3v) is 3.18. The second-order valence-corrected chi connectivity index (χ2v) is 5.11. The first-order valence-corrected chi connectivity index (χ1v) is 6.36. The molecular formula is C14H14BrFN2. The van der Waals surface area contributed by atoms with E-state index in [2.05, 4.69) is 15.9 Å². The molecule has 0 bridgehead atoms. The zero-order valence-electron chi connectivity index (χ0n) is 10.0. The normalized spacial score (nSPS) is 10.4. The molecule has 0 atom stereocenters. The smallest absolute Gasteiger partial charge is 0.146 e. The molecule has 4 heteroatoms. The van der Waals surface area contributed by atoms with Gasteiger partial charge in [-0.2, -0.15) is 0 Å². The van der Waals surface area contributed by atoms with Crippen molar-refractivity contribution in [2.45, 2.75) is 6.54 Å². The summed E-state index contributed by atoms with van der Waals surface area (Å²) in [6, 6.07) is 12.5. The summed E-state index contributed by atoms with van der Waals surface area (Å²) in [6.45, 7) is 0.610. The quantitative estimate of drug-likeness (QED) is 0.874. The molecule has 0 aromatic heterocycles. The van der Waals surface area contributed by atoms with Crippen molar-refractivity contribution in [3.8, 4) is 0 Å². The van der Waals surface area contributed by atoms with Gasteiger partial charge in [0.2, 0.25) is 0 Å². The van der Waals surface area contributed by atoms with E-state index in [0.29, 0.717) is 12.2 Å². The molecule has 0 radical (unpaired) electrons. The highest BCUT2D eigenvalue weighted by molar-refractivity contribution is 9.10. The molecule has 2 aromatic rings. The molecule has 0 fully saturated rings. The van der Waals surface area contributed by atoms with Gasteiger partial charge >= 0.3 is 0 Å². The highest BCUT2D eigenvalue weighted by atomic mass is 79.9. The third-order valence-electron chi connectivity index (χ3n) is 2.69. The average molecular weight is 309 g/mol. The van der Waals surface area contributed by atoms with Crippen LogP contribution in [0.2, 0.25) is 0 Å². The van der Waals surface area contributed by atoms with E-state index in [0.717, 1.165) is 15.7 Å². The summed E-state index contributed by atoms with van der Waals surface area (Å²) < 4.78 is 14.6. The van der Waals surface area contributed by atoms with E-state index in [1.807, 2.05) is 36.2 Å². The molecule has 0 heterocycles. The predicted octanol–water partition coefficient (Wildman–Crippen LogP) is 3.81. The van der Waals surface area contributed by atoms with Crippen molar-refractivity contribution in [3.63, 3.8) is 0 Å². The molecule has 0 unspecified atom stereocenters. The lowest BCUT2D eigenvalue weighted by Crippen LogP contribution is -2.17. The molecule has 0 aliphatic rings. The van der Waals surface area contributed by atoms with Crippen LogP contribution in [0.5, 0.6) is 0 Å². The van der Waals surface area contributed by atoms with Crippen molar-refractivity contribution in [1.29, 1.82) is 0 Å². The van der Waals surface area contributed by atoms with E-state index in [1.54, 1.807) is 12.1 Å². The summed E-state index contributed by atoms with van der Waals surface area (Å²) in [5.41, 5.74) is 8.06. The first kappa shape index (κ1) is 12.9. The summed E-state index contributed by atoms with van der Waals surface area (Å²) in [6.07, 6.45) is 0. The zero-order chi connectivity index (χ0) is 13.1. The van der Waals surface area contributed by atoms with Crippen molar-refractivity contribution in [3.05, 3.63) is 58.3 Å². The summed E-state index contributed by atoms with van der Waals surface area (Å²) in [5.74, 6) is -0.232. The van der Waals surface area contributed by atoms with E-state index in [4.69, 9.17) is 5.73 Å². The maximum atomic E-state index is 13.7. The van der Waals surface area contributed by atoms with Gasteiger partial charge in [-0.05, 0) is 35.9 Å². The molecule has 2 N–H and O–H groups in total.